The van der Waals surface area contributed by atoms with Gasteiger partial charge in [-0.05, 0) is 18.5 Å². The molecule has 4 nitrogen and oxygen atoms in total. The van der Waals surface area contributed by atoms with E-state index in [9.17, 15) is 4.79 Å². The van der Waals surface area contributed by atoms with Gasteiger partial charge in [-0.15, -0.1) is 12.4 Å². The second kappa shape index (κ2) is 8.95. The van der Waals surface area contributed by atoms with Crippen molar-refractivity contribution < 1.29 is 9.53 Å². The van der Waals surface area contributed by atoms with E-state index in [2.05, 4.69) is 17.4 Å². The first-order valence-electron chi connectivity index (χ1n) is 6.83. The second-order valence-electron chi connectivity index (χ2n) is 4.93. The highest BCUT2D eigenvalue weighted by Crippen LogP contribution is 2.14. The number of methoxy groups -OCH3 is 1. The van der Waals surface area contributed by atoms with E-state index in [1.165, 1.54) is 0 Å². The van der Waals surface area contributed by atoms with Crippen LogP contribution in [-0.4, -0.2) is 44.2 Å². The Hall–Kier alpha value is -1.10. The Balaban J connectivity index is 0.00000200. The van der Waals surface area contributed by atoms with Gasteiger partial charge in [0, 0.05) is 26.7 Å². The maximum Gasteiger partial charge on any atom is 0.227 e. The van der Waals surface area contributed by atoms with Gasteiger partial charge < -0.3 is 15.0 Å². The number of carbonyl (C=O) groups is 1. The quantitative estimate of drug-likeness (QED) is 0.869. The largest absolute Gasteiger partial charge is 0.383 e. The highest BCUT2D eigenvalue weighted by Gasteiger charge is 2.26. The minimum absolute atomic E-state index is 0. The molecule has 1 aliphatic rings. The van der Waals surface area contributed by atoms with Gasteiger partial charge >= 0.3 is 0 Å². The standard InChI is InChI=1S/C15H22N2O2.ClH/c1-19-10-9-17(12-13-5-3-2-4-6-13)15(18)14-7-8-16-11-14;/h2-6,14,16H,7-12H2,1H3;1H. The van der Waals surface area contributed by atoms with E-state index in [-0.39, 0.29) is 24.2 Å². The van der Waals surface area contributed by atoms with E-state index in [0.29, 0.717) is 19.7 Å². The molecular weight excluding hydrogens is 276 g/mol. The number of carbonyl (C=O) groups excluding carboxylic acids is 1. The Kier molecular flexibility index (Phi) is 7.59. The number of benzene rings is 1. The smallest absolute Gasteiger partial charge is 0.227 e. The molecule has 5 heteroatoms. The number of rotatable bonds is 6. The van der Waals surface area contributed by atoms with Crippen molar-refractivity contribution in [2.24, 2.45) is 5.92 Å². The highest BCUT2D eigenvalue weighted by molar-refractivity contribution is 5.85. The summed E-state index contributed by atoms with van der Waals surface area (Å²) in [4.78, 5) is 14.4. The van der Waals surface area contributed by atoms with Crippen molar-refractivity contribution in [3.05, 3.63) is 35.9 Å². The van der Waals surface area contributed by atoms with E-state index in [1.54, 1.807) is 7.11 Å². The molecule has 1 unspecified atom stereocenters. The average Bonchev–Trinajstić information content (AvgIpc) is 2.98. The van der Waals surface area contributed by atoms with Gasteiger partial charge in [0.2, 0.25) is 5.91 Å². The molecule has 1 heterocycles. The molecule has 0 aromatic heterocycles. The maximum absolute atomic E-state index is 12.5. The summed E-state index contributed by atoms with van der Waals surface area (Å²) >= 11 is 0. The van der Waals surface area contributed by atoms with Crippen molar-refractivity contribution in [1.82, 2.24) is 10.2 Å². The number of hydrogen-bond donors (Lipinski definition) is 1. The Bertz CT molecular complexity index is 394. The summed E-state index contributed by atoms with van der Waals surface area (Å²) in [6.07, 6.45) is 0.942. The Morgan fingerprint density at radius 3 is 2.75 bits per heavy atom. The van der Waals surface area contributed by atoms with E-state index >= 15 is 0 Å². The molecule has 0 radical (unpaired) electrons. The number of amides is 1. The Labute approximate surface area is 126 Å². The van der Waals surface area contributed by atoms with E-state index in [4.69, 9.17) is 4.74 Å². The molecule has 1 aliphatic heterocycles. The molecule has 2 rings (SSSR count). The van der Waals surface area contributed by atoms with Crippen LogP contribution in [0, 0.1) is 5.92 Å². The molecular formula is C15H23ClN2O2. The Morgan fingerprint density at radius 1 is 1.40 bits per heavy atom. The average molecular weight is 299 g/mol. The van der Waals surface area contributed by atoms with Crippen molar-refractivity contribution in [3.8, 4) is 0 Å². The lowest BCUT2D eigenvalue weighted by Crippen LogP contribution is -2.38. The van der Waals surface area contributed by atoms with Crippen LogP contribution in [0.2, 0.25) is 0 Å². The summed E-state index contributed by atoms with van der Waals surface area (Å²) < 4.78 is 5.11. The van der Waals surface area contributed by atoms with Gasteiger partial charge in [0.15, 0.2) is 0 Å². The summed E-state index contributed by atoms with van der Waals surface area (Å²) in [6.45, 7) is 3.65. The predicted octanol–water partition coefficient (Wildman–Crippen LogP) is 1.69. The first kappa shape index (κ1) is 17.0. The van der Waals surface area contributed by atoms with Crippen LogP contribution in [0.3, 0.4) is 0 Å². The topological polar surface area (TPSA) is 41.6 Å². The van der Waals surface area contributed by atoms with Crippen LogP contribution < -0.4 is 5.32 Å². The summed E-state index contributed by atoms with van der Waals surface area (Å²) in [7, 11) is 1.67. The van der Waals surface area contributed by atoms with E-state index in [0.717, 1.165) is 25.1 Å². The number of nitrogens with zero attached hydrogens (tertiary/aromatic N) is 1. The van der Waals surface area contributed by atoms with Gasteiger partial charge in [-0.2, -0.15) is 0 Å². The summed E-state index contributed by atoms with van der Waals surface area (Å²) in [5, 5.41) is 3.25. The zero-order valence-electron chi connectivity index (χ0n) is 11.9. The van der Waals surface area contributed by atoms with Crippen LogP contribution in [0.1, 0.15) is 12.0 Å². The van der Waals surface area contributed by atoms with Crippen molar-refractivity contribution in [2.45, 2.75) is 13.0 Å². The molecule has 1 aromatic carbocycles. The van der Waals surface area contributed by atoms with Gasteiger partial charge in [-0.25, -0.2) is 0 Å². The highest BCUT2D eigenvalue weighted by atomic mass is 35.5. The summed E-state index contributed by atoms with van der Waals surface area (Å²) in [5.74, 6) is 0.367. The van der Waals surface area contributed by atoms with Gasteiger partial charge in [0.05, 0.1) is 12.5 Å². The molecule has 112 valence electrons. The molecule has 0 spiro atoms. The molecule has 1 aromatic rings. The molecule has 1 atom stereocenters. The van der Waals surface area contributed by atoms with Crippen LogP contribution in [0.15, 0.2) is 30.3 Å². The van der Waals surface area contributed by atoms with Crippen LogP contribution in [-0.2, 0) is 16.1 Å². The first-order chi connectivity index (χ1) is 9.31. The van der Waals surface area contributed by atoms with Crippen molar-refractivity contribution in [3.63, 3.8) is 0 Å². The molecule has 1 fully saturated rings. The maximum atomic E-state index is 12.5. The first-order valence-corrected chi connectivity index (χ1v) is 6.83. The third-order valence-corrected chi connectivity index (χ3v) is 3.50. The minimum Gasteiger partial charge on any atom is -0.383 e. The normalized spacial score (nSPS) is 17.6. The van der Waals surface area contributed by atoms with Crippen molar-refractivity contribution in [2.75, 3.05) is 33.4 Å². The fourth-order valence-corrected chi connectivity index (χ4v) is 2.40. The lowest BCUT2D eigenvalue weighted by atomic mass is 10.1. The monoisotopic (exact) mass is 298 g/mol. The molecule has 0 bridgehead atoms. The summed E-state index contributed by atoms with van der Waals surface area (Å²) in [6, 6.07) is 10.1. The van der Waals surface area contributed by atoms with Gasteiger partial charge in [0.1, 0.15) is 0 Å². The lowest BCUT2D eigenvalue weighted by Gasteiger charge is -2.25. The molecule has 1 amide bonds. The number of nitrogens with one attached hydrogen (secondary N) is 1. The zero-order valence-corrected chi connectivity index (χ0v) is 12.7. The van der Waals surface area contributed by atoms with E-state index < -0.39 is 0 Å². The number of hydrogen-bond acceptors (Lipinski definition) is 3. The SMILES string of the molecule is COCCN(Cc1ccccc1)C(=O)C1CCNC1.Cl. The molecule has 0 saturated carbocycles. The van der Waals surface area contributed by atoms with Crippen LogP contribution in [0.25, 0.3) is 0 Å². The fraction of sp³-hybridized carbons (Fsp3) is 0.533. The third-order valence-electron chi connectivity index (χ3n) is 3.50. The Morgan fingerprint density at radius 2 is 2.15 bits per heavy atom. The summed E-state index contributed by atoms with van der Waals surface area (Å²) in [5.41, 5.74) is 1.16. The molecule has 1 N–H and O–H groups in total. The van der Waals surface area contributed by atoms with Crippen LogP contribution in [0.4, 0.5) is 0 Å². The van der Waals surface area contributed by atoms with Gasteiger partial charge in [-0.3, -0.25) is 4.79 Å². The molecule has 1 saturated heterocycles. The minimum atomic E-state index is 0. The lowest BCUT2D eigenvalue weighted by molar-refractivity contribution is -0.136. The van der Waals surface area contributed by atoms with Gasteiger partial charge in [0.25, 0.3) is 0 Å². The van der Waals surface area contributed by atoms with Crippen molar-refractivity contribution in [1.29, 1.82) is 0 Å². The van der Waals surface area contributed by atoms with Crippen LogP contribution >= 0.6 is 12.4 Å². The second-order valence-corrected chi connectivity index (χ2v) is 4.93. The molecule has 0 aliphatic carbocycles. The van der Waals surface area contributed by atoms with E-state index in [1.807, 2.05) is 23.1 Å². The predicted molar refractivity (Wildman–Crippen MR) is 82.0 cm³/mol. The van der Waals surface area contributed by atoms with Crippen molar-refractivity contribution >= 4 is 18.3 Å². The third kappa shape index (κ3) is 4.78. The zero-order chi connectivity index (χ0) is 13.5. The number of halogens is 1. The molecule has 20 heavy (non-hydrogen) atoms. The van der Waals surface area contributed by atoms with Crippen LogP contribution in [0.5, 0.6) is 0 Å². The van der Waals surface area contributed by atoms with Gasteiger partial charge in [-0.1, -0.05) is 30.3 Å². The fourth-order valence-electron chi connectivity index (χ4n) is 2.40. The number of ether oxygens (including phenoxy) is 1.